The molecule has 0 atom stereocenters. The van der Waals surface area contributed by atoms with Gasteiger partial charge in [0.1, 0.15) is 0 Å². The predicted molar refractivity (Wildman–Crippen MR) is 113 cm³/mol. The van der Waals surface area contributed by atoms with Gasteiger partial charge in [0.2, 0.25) is 12.6 Å². The minimum Gasteiger partial charge on any atom is -0.454 e. The Hall–Kier alpha value is -3.88. The number of hydrogen-bond acceptors (Lipinski definition) is 7. The Balaban J connectivity index is 1.49. The van der Waals surface area contributed by atoms with Gasteiger partial charge in [-0.1, -0.05) is 19.0 Å². The Kier molecular flexibility index (Phi) is 4.58. The lowest BCUT2D eigenvalue weighted by Crippen LogP contribution is -2.35. The lowest BCUT2D eigenvalue weighted by molar-refractivity contribution is 0.174. The molecule has 2 aromatic carbocycles. The lowest BCUT2D eigenvalue weighted by Gasteiger charge is -2.08. The van der Waals surface area contributed by atoms with E-state index in [0.717, 1.165) is 12.0 Å². The third-order valence-corrected chi connectivity index (χ3v) is 5.22. The van der Waals surface area contributed by atoms with E-state index < -0.39 is 5.69 Å². The molecule has 0 saturated carbocycles. The van der Waals surface area contributed by atoms with Crippen LogP contribution in [0.15, 0.2) is 50.5 Å². The van der Waals surface area contributed by atoms with Gasteiger partial charge >= 0.3 is 5.69 Å². The maximum absolute atomic E-state index is 12.8. The fraction of sp³-hybridized carbons (Fsp3) is 0.273. The van der Waals surface area contributed by atoms with Crippen molar-refractivity contribution in [2.24, 2.45) is 5.92 Å². The van der Waals surface area contributed by atoms with E-state index in [1.165, 1.54) is 4.57 Å². The summed E-state index contributed by atoms with van der Waals surface area (Å²) in [6.07, 6.45) is 0.747. The van der Waals surface area contributed by atoms with Gasteiger partial charge in [0.15, 0.2) is 11.5 Å². The number of rotatable bonds is 5. The number of benzene rings is 2. The molecule has 31 heavy (non-hydrogen) atoms. The normalized spacial score (nSPS) is 12.7. The van der Waals surface area contributed by atoms with Crippen molar-refractivity contribution < 1.29 is 14.0 Å². The van der Waals surface area contributed by atoms with E-state index in [2.05, 4.69) is 29.0 Å². The highest BCUT2D eigenvalue weighted by atomic mass is 16.7. The molecule has 1 N–H and O–H groups in total. The summed E-state index contributed by atoms with van der Waals surface area (Å²) in [7, 11) is 0. The average molecular weight is 420 g/mol. The number of hydrogen-bond donors (Lipinski definition) is 1. The molecule has 0 aliphatic carbocycles. The van der Waals surface area contributed by atoms with Gasteiger partial charge in [0.25, 0.3) is 11.4 Å². The van der Waals surface area contributed by atoms with Crippen LogP contribution in [-0.2, 0) is 6.54 Å². The molecule has 5 rings (SSSR count). The summed E-state index contributed by atoms with van der Waals surface area (Å²) >= 11 is 0. The van der Waals surface area contributed by atoms with Gasteiger partial charge in [0, 0.05) is 17.7 Å². The van der Waals surface area contributed by atoms with Crippen LogP contribution in [0.1, 0.15) is 20.3 Å². The topological polar surface area (TPSA) is 112 Å². The first-order valence-corrected chi connectivity index (χ1v) is 10.0. The van der Waals surface area contributed by atoms with E-state index in [4.69, 9.17) is 14.0 Å². The molecule has 0 fully saturated rings. The SMILES string of the molecule is CC(C)CCn1c(=O)[nH]c2cc(-c3nc(-c4ccc5c(c4)OCO5)no3)ccc2c1=O. The number of nitrogens with zero attached hydrogens (tertiary/aromatic N) is 3. The van der Waals surface area contributed by atoms with Crippen LogP contribution in [0.3, 0.4) is 0 Å². The second-order valence-corrected chi connectivity index (χ2v) is 7.82. The Morgan fingerprint density at radius 1 is 1.06 bits per heavy atom. The van der Waals surface area contributed by atoms with E-state index in [1.807, 2.05) is 6.07 Å². The van der Waals surface area contributed by atoms with Crippen LogP contribution in [0, 0.1) is 5.92 Å². The standard InChI is InChI=1S/C22H20N4O5/c1-12(2)7-8-26-21(27)15-5-3-14(9-16(15)23-22(26)28)20-24-19(25-31-20)13-4-6-17-18(10-13)30-11-29-17/h3-6,9-10,12H,7-8,11H2,1-2H3,(H,23,28). The maximum Gasteiger partial charge on any atom is 0.328 e. The molecule has 9 nitrogen and oxygen atoms in total. The van der Waals surface area contributed by atoms with Crippen molar-refractivity contribution in [3.63, 3.8) is 0 Å². The highest BCUT2D eigenvalue weighted by Crippen LogP contribution is 2.35. The Bertz CT molecular complexity index is 1400. The molecule has 0 unspecified atom stereocenters. The zero-order valence-electron chi connectivity index (χ0n) is 17.0. The highest BCUT2D eigenvalue weighted by Gasteiger charge is 2.18. The first-order chi connectivity index (χ1) is 15.0. The molecular formula is C22H20N4O5. The summed E-state index contributed by atoms with van der Waals surface area (Å²) in [5.41, 5.74) is 1.01. The molecule has 1 aliphatic heterocycles. The summed E-state index contributed by atoms with van der Waals surface area (Å²) < 4.78 is 17.4. The fourth-order valence-electron chi connectivity index (χ4n) is 3.47. The van der Waals surface area contributed by atoms with Crippen LogP contribution in [0.2, 0.25) is 0 Å². The average Bonchev–Trinajstić information content (AvgIpc) is 3.42. The minimum atomic E-state index is -0.429. The quantitative estimate of drug-likeness (QED) is 0.528. The highest BCUT2D eigenvalue weighted by molar-refractivity contribution is 5.82. The van der Waals surface area contributed by atoms with E-state index in [1.54, 1.807) is 30.3 Å². The zero-order valence-corrected chi connectivity index (χ0v) is 17.0. The van der Waals surface area contributed by atoms with E-state index in [0.29, 0.717) is 46.3 Å². The van der Waals surface area contributed by atoms with Crippen LogP contribution in [0.5, 0.6) is 11.5 Å². The third kappa shape index (κ3) is 3.48. The van der Waals surface area contributed by atoms with Gasteiger partial charge in [-0.3, -0.25) is 9.36 Å². The first kappa shape index (κ1) is 19.1. The summed E-state index contributed by atoms with van der Waals surface area (Å²) in [6, 6.07) is 10.5. The number of fused-ring (bicyclic) bond motifs is 2. The second-order valence-electron chi connectivity index (χ2n) is 7.82. The summed E-state index contributed by atoms with van der Waals surface area (Å²) in [5.74, 6) is 2.36. The maximum atomic E-state index is 12.8. The van der Waals surface area contributed by atoms with Gasteiger partial charge < -0.3 is 19.0 Å². The van der Waals surface area contributed by atoms with Crippen molar-refractivity contribution >= 4 is 10.9 Å². The molecule has 0 saturated heterocycles. The first-order valence-electron chi connectivity index (χ1n) is 10.0. The smallest absolute Gasteiger partial charge is 0.328 e. The molecule has 0 radical (unpaired) electrons. The summed E-state index contributed by atoms with van der Waals surface area (Å²) in [6.45, 7) is 4.67. The van der Waals surface area contributed by atoms with Crippen molar-refractivity contribution in [2.45, 2.75) is 26.8 Å². The Morgan fingerprint density at radius 2 is 1.87 bits per heavy atom. The molecule has 3 heterocycles. The predicted octanol–water partition coefficient (Wildman–Crippen LogP) is 3.18. The van der Waals surface area contributed by atoms with Gasteiger partial charge in [-0.25, -0.2) is 4.79 Å². The number of aromatic nitrogens is 4. The van der Waals surface area contributed by atoms with E-state index >= 15 is 0 Å². The molecule has 4 aromatic rings. The van der Waals surface area contributed by atoms with Crippen molar-refractivity contribution in [1.29, 1.82) is 0 Å². The minimum absolute atomic E-state index is 0.185. The van der Waals surface area contributed by atoms with E-state index in [-0.39, 0.29) is 18.2 Å². The molecule has 9 heteroatoms. The number of H-pyrrole nitrogens is 1. The zero-order chi connectivity index (χ0) is 21.5. The van der Waals surface area contributed by atoms with Crippen LogP contribution >= 0.6 is 0 Å². The molecule has 0 bridgehead atoms. The van der Waals surface area contributed by atoms with Gasteiger partial charge in [-0.05, 0) is 48.7 Å². The lowest BCUT2D eigenvalue weighted by atomic mass is 10.1. The van der Waals surface area contributed by atoms with Crippen LogP contribution in [0.4, 0.5) is 0 Å². The Morgan fingerprint density at radius 3 is 2.71 bits per heavy atom. The molecule has 0 spiro atoms. The number of aromatic amines is 1. The monoisotopic (exact) mass is 420 g/mol. The molecule has 1 aliphatic rings. The van der Waals surface area contributed by atoms with Gasteiger partial charge in [-0.15, -0.1) is 0 Å². The molecular weight excluding hydrogens is 400 g/mol. The van der Waals surface area contributed by atoms with Crippen molar-refractivity contribution in [3.8, 4) is 34.3 Å². The van der Waals surface area contributed by atoms with E-state index in [9.17, 15) is 9.59 Å². The van der Waals surface area contributed by atoms with Gasteiger partial charge in [0.05, 0.1) is 10.9 Å². The second kappa shape index (κ2) is 7.42. The van der Waals surface area contributed by atoms with Crippen molar-refractivity contribution in [2.75, 3.05) is 6.79 Å². The Labute approximate surface area is 176 Å². The van der Waals surface area contributed by atoms with Crippen molar-refractivity contribution in [3.05, 3.63) is 57.2 Å². The fourth-order valence-corrected chi connectivity index (χ4v) is 3.47. The van der Waals surface area contributed by atoms with Gasteiger partial charge in [-0.2, -0.15) is 4.98 Å². The molecule has 158 valence electrons. The van der Waals surface area contributed by atoms with Crippen LogP contribution in [0.25, 0.3) is 33.7 Å². The van der Waals surface area contributed by atoms with Crippen molar-refractivity contribution in [1.82, 2.24) is 19.7 Å². The number of nitrogens with one attached hydrogen (secondary N) is 1. The van der Waals surface area contributed by atoms with Crippen LogP contribution in [-0.4, -0.2) is 26.5 Å². The number of ether oxygens (including phenoxy) is 2. The molecule has 2 aromatic heterocycles. The summed E-state index contributed by atoms with van der Waals surface area (Å²) in [4.78, 5) is 32.4. The van der Waals surface area contributed by atoms with Crippen LogP contribution < -0.4 is 20.7 Å². The molecule has 0 amide bonds. The summed E-state index contributed by atoms with van der Waals surface area (Å²) in [5, 5.41) is 4.47. The largest absolute Gasteiger partial charge is 0.454 e. The third-order valence-electron chi connectivity index (χ3n) is 5.22.